The van der Waals surface area contributed by atoms with E-state index in [4.69, 9.17) is 0 Å². The second kappa shape index (κ2) is 11.5. The van der Waals surface area contributed by atoms with Gasteiger partial charge in [0, 0.05) is 35.4 Å². The minimum Gasteiger partial charge on any atom is -0.406 e. The molecule has 2 N–H and O–H groups in total. The van der Waals surface area contributed by atoms with E-state index in [9.17, 15) is 22.8 Å². The first-order valence-corrected chi connectivity index (χ1v) is 12.4. The van der Waals surface area contributed by atoms with Crippen molar-refractivity contribution in [3.8, 4) is 11.4 Å². The standard InChI is InChI=1S/C25H22F3N7O3S/c1-14-11-15(2)30-24(29-14)39-13-21-22(23(37)32-18-6-4-5-17(12-18)31-16(3)36)33-34-35(21)19-7-9-20(10-8-19)38-25(26,27)28/h4-12H,13H2,1-3H3,(H,31,36)(H,32,37). The largest absolute Gasteiger partial charge is 0.573 e. The fraction of sp³-hybridized carbons (Fsp3) is 0.200. The van der Waals surface area contributed by atoms with Gasteiger partial charge in [0.25, 0.3) is 5.91 Å². The lowest BCUT2D eigenvalue weighted by Gasteiger charge is -2.11. The average Bonchev–Trinajstić information content (AvgIpc) is 3.25. The van der Waals surface area contributed by atoms with Gasteiger partial charge in [-0.2, -0.15) is 0 Å². The maximum absolute atomic E-state index is 13.2. The number of aryl methyl sites for hydroxylation is 2. The first-order valence-electron chi connectivity index (χ1n) is 11.4. The maximum atomic E-state index is 13.2. The van der Waals surface area contributed by atoms with Crippen LogP contribution in [0, 0.1) is 13.8 Å². The van der Waals surface area contributed by atoms with Crippen molar-refractivity contribution in [2.24, 2.45) is 0 Å². The number of nitrogens with zero attached hydrogens (tertiary/aromatic N) is 5. The summed E-state index contributed by atoms with van der Waals surface area (Å²) in [5.41, 5.74) is 3.16. The van der Waals surface area contributed by atoms with Gasteiger partial charge in [0.05, 0.1) is 11.4 Å². The number of nitrogens with one attached hydrogen (secondary N) is 2. The topological polar surface area (TPSA) is 124 Å². The molecule has 0 spiro atoms. The minimum atomic E-state index is -4.83. The fourth-order valence-corrected chi connectivity index (χ4v) is 4.51. The number of alkyl halides is 3. The molecule has 202 valence electrons. The Morgan fingerprint density at radius 3 is 2.23 bits per heavy atom. The monoisotopic (exact) mass is 557 g/mol. The first-order chi connectivity index (χ1) is 18.5. The molecule has 4 aromatic rings. The van der Waals surface area contributed by atoms with E-state index >= 15 is 0 Å². The van der Waals surface area contributed by atoms with Crippen LogP contribution in [-0.2, 0) is 10.5 Å². The van der Waals surface area contributed by atoms with E-state index in [0.717, 1.165) is 23.5 Å². The van der Waals surface area contributed by atoms with Crippen molar-refractivity contribution in [1.82, 2.24) is 25.0 Å². The van der Waals surface area contributed by atoms with E-state index in [1.165, 1.54) is 35.5 Å². The smallest absolute Gasteiger partial charge is 0.406 e. The van der Waals surface area contributed by atoms with E-state index < -0.39 is 18.0 Å². The highest BCUT2D eigenvalue weighted by Gasteiger charge is 2.31. The Morgan fingerprint density at radius 1 is 0.974 bits per heavy atom. The van der Waals surface area contributed by atoms with Crippen LogP contribution in [0.15, 0.2) is 59.8 Å². The summed E-state index contributed by atoms with van der Waals surface area (Å²) in [5, 5.41) is 14.0. The molecular formula is C25H22F3N7O3S. The SMILES string of the molecule is CC(=O)Nc1cccc(NC(=O)c2nnn(-c3ccc(OC(F)(F)F)cc3)c2CSc2nc(C)cc(C)n2)c1. The van der Waals surface area contributed by atoms with Gasteiger partial charge in [0.2, 0.25) is 5.91 Å². The molecule has 0 saturated heterocycles. The molecule has 0 saturated carbocycles. The minimum absolute atomic E-state index is 0.00702. The number of hydrogen-bond acceptors (Lipinski definition) is 8. The average molecular weight is 558 g/mol. The molecule has 0 atom stereocenters. The molecular weight excluding hydrogens is 535 g/mol. The molecule has 2 heterocycles. The highest BCUT2D eigenvalue weighted by atomic mass is 32.2. The summed E-state index contributed by atoms with van der Waals surface area (Å²) in [6.45, 7) is 5.04. The van der Waals surface area contributed by atoms with E-state index in [0.29, 0.717) is 27.9 Å². The molecule has 4 rings (SSSR count). The van der Waals surface area contributed by atoms with Crippen LogP contribution < -0.4 is 15.4 Å². The van der Waals surface area contributed by atoms with Crippen molar-refractivity contribution in [1.29, 1.82) is 0 Å². The normalized spacial score (nSPS) is 11.2. The quantitative estimate of drug-likeness (QED) is 0.227. The van der Waals surface area contributed by atoms with Crippen molar-refractivity contribution in [2.75, 3.05) is 10.6 Å². The molecule has 2 aromatic carbocycles. The molecule has 0 fully saturated rings. The molecule has 0 bridgehead atoms. The Kier molecular flexibility index (Phi) is 8.14. The van der Waals surface area contributed by atoms with Crippen LogP contribution in [0.1, 0.15) is 34.5 Å². The zero-order valence-corrected chi connectivity index (χ0v) is 21.7. The summed E-state index contributed by atoms with van der Waals surface area (Å²) in [6, 6.07) is 13.4. The van der Waals surface area contributed by atoms with Crippen LogP contribution in [0.2, 0.25) is 0 Å². The zero-order chi connectivity index (χ0) is 28.2. The number of rotatable bonds is 8. The number of thioether (sulfide) groups is 1. The van der Waals surface area contributed by atoms with Crippen molar-refractivity contribution in [3.05, 3.63) is 77.4 Å². The van der Waals surface area contributed by atoms with Gasteiger partial charge < -0.3 is 15.4 Å². The van der Waals surface area contributed by atoms with Crippen molar-refractivity contribution in [3.63, 3.8) is 0 Å². The van der Waals surface area contributed by atoms with Gasteiger partial charge in [0.1, 0.15) is 5.75 Å². The predicted octanol–water partition coefficient (Wildman–Crippen LogP) is 5.08. The van der Waals surface area contributed by atoms with Gasteiger partial charge in [-0.3, -0.25) is 9.59 Å². The maximum Gasteiger partial charge on any atom is 0.573 e. The molecule has 0 aliphatic rings. The number of carbonyl (C=O) groups is 2. The fourth-order valence-electron chi connectivity index (χ4n) is 3.56. The van der Waals surface area contributed by atoms with Gasteiger partial charge in [-0.1, -0.05) is 23.0 Å². The van der Waals surface area contributed by atoms with Gasteiger partial charge >= 0.3 is 6.36 Å². The highest BCUT2D eigenvalue weighted by Crippen LogP contribution is 2.27. The van der Waals surface area contributed by atoms with E-state index in [2.05, 4.69) is 35.7 Å². The Hall–Kier alpha value is -4.46. The Bertz CT molecular complexity index is 1490. The van der Waals surface area contributed by atoms with Crippen LogP contribution in [0.3, 0.4) is 0 Å². The lowest BCUT2D eigenvalue weighted by atomic mass is 10.2. The predicted molar refractivity (Wildman–Crippen MR) is 138 cm³/mol. The molecule has 0 radical (unpaired) electrons. The first kappa shape index (κ1) is 27.6. The molecule has 39 heavy (non-hydrogen) atoms. The Balaban J connectivity index is 1.65. The van der Waals surface area contributed by atoms with E-state index in [1.54, 1.807) is 24.3 Å². The summed E-state index contributed by atoms with van der Waals surface area (Å²) in [7, 11) is 0. The summed E-state index contributed by atoms with van der Waals surface area (Å²) in [5.74, 6) is -1.06. The van der Waals surface area contributed by atoms with Crippen molar-refractivity contribution < 1.29 is 27.5 Å². The molecule has 0 aliphatic heterocycles. The summed E-state index contributed by atoms with van der Waals surface area (Å²) in [4.78, 5) is 33.4. The Morgan fingerprint density at radius 2 is 1.62 bits per heavy atom. The van der Waals surface area contributed by atoms with Crippen LogP contribution in [0.5, 0.6) is 5.75 Å². The number of hydrogen-bond donors (Lipinski definition) is 2. The summed E-state index contributed by atoms with van der Waals surface area (Å²) < 4.78 is 43.0. The van der Waals surface area contributed by atoms with Gasteiger partial charge in [0.15, 0.2) is 10.9 Å². The second-order valence-corrected chi connectivity index (χ2v) is 9.22. The van der Waals surface area contributed by atoms with Crippen LogP contribution in [0.25, 0.3) is 5.69 Å². The number of ether oxygens (including phenoxy) is 1. The van der Waals surface area contributed by atoms with Gasteiger partial charge in [-0.15, -0.1) is 18.3 Å². The number of carbonyl (C=O) groups excluding carboxylic acids is 2. The van der Waals surface area contributed by atoms with E-state index in [-0.39, 0.29) is 17.4 Å². The summed E-state index contributed by atoms with van der Waals surface area (Å²) in [6.07, 6.45) is -4.83. The number of anilines is 2. The molecule has 2 aromatic heterocycles. The van der Waals surface area contributed by atoms with Crippen LogP contribution in [-0.4, -0.2) is 43.1 Å². The van der Waals surface area contributed by atoms with Gasteiger partial charge in [-0.05, 0) is 62.4 Å². The highest BCUT2D eigenvalue weighted by molar-refractivity contribution is 7.98. The third kappa shape index (κ3) is 7.54. The lowest BCUT2D eigenvalue weighted by Crippen LogP contribution is -2.17. The number of benzene rings is 2. The van der Waals surface area contributed by atoms with Crippen molar-refractivity contribution in [2.45, 2.75) is 38.0 Å². The third-order valence-corrected chi connectivity index (χ3v) is 5.89. The lowest BCUT2D eigenvalue weighted by molar-refractivity contribution is -0.274. The zero-order valence-electron chi connectivity index (χ0n) is 20.9. The number of aromatic nitrogens is 5. The van der Waals surface area contributed by atoms with Crippen LogP contribution >= 0.6 is 11.8 Å². The molecule has 2 amide bonds. The van der Waals surface area contributed by atoms with Gasteiger partial charge in [-0.25, -0.2) is 14.6 Å². The molecule has 0 unspecified atom stereocenters. The van der Waals surface area contributed by atoms with E-state index in [1.807, 2.05) is 19.9 Å². The molecule has 0 aliphatic carbocycles. The number of amides is 2. The summed E-state index contributed by atoms with van der Waals surface area (Å²) >= 11 is 1.25. The Labute approximate surface area is 225 Å². The van der Waals surface area contributed by atoms with Crippen LogP contribution in [0.4, 0.5) is 24.5 Å². The number of halogens is 3. The van der Waals surface area contributed by atoms with Crippen molar-refractivity contribution >= 4 is 35.0 Å². The molecule has 14 heteroatoms. The molecule has 10 nitrogen and oxygen atoms in total. The third-order valence-electron chi connectivity index (χ3n) is 5.03. The second-order valence-electron chi connectivity index (χ2n) is 8.28.